The second-order valence-corrected chi connectivity index (χ2v) is 2.92. The quantitative estimate of drug-likeness (QED) is 0.586. The van der Waals surface area contributed by atoms with E-state index in [0.717, 1.165) is 13.0 Å². The van der Waals surface area contributed by atoms with Crippen LogP contribution >= 0.6 is 0 Å². The van der Waals surface area contributed by atoms with Crippen molar-refractivity contribution < 1.29 is 9.53 Å². The maximum atomic E-state index is 11.1. The van der Waals surface area contributed by atoms with Crippen LogP contribution in [0.5, 0.6) is 0 Å². The zero-order valence-corrected chi connectivity index (χ0v) is 6.77. The molecule has 1 heterocycles. The van der Waals surface area contributed by atoms with Crippen LogP contribution in [0, 0.1) is 0 Å². The molecule has 0 radical (unpaired) electrons. The maximum absolute atomic E-state index is 11.1. The molecule has 0 spiro atoms. The van der Waals surface area contributed by atoms with Gasteiger partial charge in [-0.1, -0.05) is 24.3 Å². The predicted octanol–water partition coefficient (Wildman–Crippen LogP) is 1.32. The number of allylic oxidation sites excluding steroid dienone is 2. The highest BCUT2D eigenvalue weighted by molar-refractivity contribution is 5.70. The molecule has 1 fully saturated rings. The smallest absolute Gasteiger partial charge is 0.410 e. The highest BCUT2D eigenvalue weighted by atomic mass is 16.6. The normalized spacial score (nSPS) is 27.8. The second kappa shape index (κ2) is 3.01. The monoisotopic (exact) mass is 165 g/mol. The van der Waals surface area contributed by atoms with Gasteiger partial charge in [-0.3, -0.25) is 4.90 Å². The number of hydrogen-bond acceptors (Lipinski definition) is 2. The summed E-state index contributed by atoms with van der Waals surface area (Å²) in [4.78, 5) is 12.9. The summed E-state index contributed by atoms with van der Waals surface area (Å²) in [6.07, 6.45) is 8.80. The Bertz CT molecular complexity index is 245. The van der Waals surface area contributed by atoms with Crippen molar-refractivity contribution in [3.8, 4) is 0 Å². The van der Waals surface area contributed by atoms with E-state index >= 15 is 0 Å². The van der Waals surface area contributed by atoms with Crippen molar-refractivity contribution in [1.29, 1.82) is 0 Å². The van der Waals surface area contributed by atoms with Crippen LogP contribution in [0.2, 0.25) is 0 Å². The summed E-state index contributed by atoms with van der Waals surface area (Å²) in [5.41, 5.74) is 0. The van der Waals surface area contributed by atoms with Gasteiger partial charge in [0.25, 0.3) is 0 Å². The molecule has 0 aromatic rings. The molecule has 0 bridgehead atoms. The SMILES string of the molecule is O=C1OCCN1C1C=CC=CC1. The van der Waals surface area contributed by atoms with Gasteiger partial charge in [0, 0.05) is 0 Å². The van der Waals surface area contributed by atoms with Gasteiger partial charge in [0.1, 0.15) is 6.61 Å². The van der Waals surface area contributed by atoms with Gasteiger partial charge in [-0.25, -0.2) is 4.79 Å². The molecule has 0 aromatic carbocycles. The highest BCUT2D eigenvalue weighted by Crippen LogP contribution is 2.15. The first-order chi connectivity index (χ1) is 5.88. The molecule has 3 heteroatoms. The van der Waals surface area contributed by atoms with E-state index in [9.17, 15) is 4.79 Å². The van der Waals surface area contributed by atoms with Crippen LogP contribution in [0.4, 0.5) is 4.79 Å². The molecule has 64 valence electrons. The van der Waals surface area contributed by atoms with Crippen LogP contribution < -0.4 is 0 Å². The summed E-state index contributed by atoms with van der Waals surface area (Å²) in [5.74, 6) is 0. The molecule has 1 unspecified atom stereocenters. The zero-order valence-electron chi connectivity index (χ0n) is 6.77. The van der Waals surface area contributed by atoms with Gasteiger partial charge in [-0.15, -0.1) is 0 Å². The number of nitrogens with zero attached hydrogens (tertiary/aromatic N) is 1. The van der Waals surface area contributed by atoms with E-state index in [0.29, 0.717) is 6.61 Å². The number of amides is 1. The predicted molar refractivity (Wildman–Crippen MR) is 44.7 cm³/mol. The topological polar surface area (TPSA) is 29.5 Å². The standard InChI is InChI=1S/C9H11NO2/c11-9-10(6-7-12-9)8-4-2-1-3-5-8/h1-4,8H,5-7H2. The third-order valence-electron chi connectivity index (χ3n) is 2.15. The molecule has 0 N–H and O–H groups in total. The fourth-order valence-electron chi connectivity index (χ4n) is 1.51. The Kier molecular flexibility index (Phi) is 1.86. The third-order valence-corrected chi connectivity index (χ3v) is 2.15. The Hall–Kier alpha value is -1.25. The van der Waals surface area contributed by atoms with E-state index in [1.165, 1.54) is 0 Å². The van der Waals surface area contributed by atoms with E-state index in [1.54, 1.807) is 4.90 Å². The van der Waals surface area contributed by atoms with Crippen LogP contribution in [0.1, 0.15) is 6.42 Å². The molecule has 0 aromatic heterocycles. The number of carbonyl (C=O) groups is 1. The molecule has 3 nitrogen and oxygen atoms in total. The molecule has 12 heavy (non-hydrogen) atoms. The molecule has 1 amide bonds. The van der Waals surface area contributed by atoms with E-state index in [1.807, 2.05) is 18.2 Å². The molecule has 2 aliphatic rings. The first-order valence-corrected chi connectivity index (χ1v) is 4.14. The lowest BCUT2D eigenvalue weighted by Crippen LogP contribution is -2.34. The van der Waals surface area contributed by atoms with Crippen molar-refractivity contribution in [2.45, 2.75) is 12.5 Å². The van der Waals surface area contributed by atoms with Gasteiger partial charge in [0.15, 0.2) is 0 Å². The Labute approximate surface area is 71.3 Å². The molecular weight excluding hydrogens is 154 g/mol. The minimum Gasteiger partial charge on any atom is -0.448 e. The molecular formula is C9H11NO2. The maximum Gasteiger partial charge on any atom is 0.410 e. The number of carbonyl (C=O) groups excluding carboxylic acids is 1. The summed E-state index contributed by atoms with van der Waals surface area (Å²) in [7, 11) is 0. The molecule has 2 rings (SSSR count). The van der Waals surface area contributed by atoms with Crippen LogP contribution in [-0.4, -0.2) is 30.2 Å². The van der Waals surface area contributed by atoms with Crippen molar-refractivity contribution in [3.63, 3.8) is 0 Å². The van der Waals surface area contributed by atoms with Crippen LogP contribution in [-0.2, 0) is 4.74 Å². The summed E-state index contributed by atoms with van der Waals surface area (Å²) < 4.78 is 4.85. The van der Waals surface area contributed by atoms with E-state index in [-0.39, 0.29) is 12.1 Å². The van der Waals surface area contributed by atoms with E-state index in [2.05, 4.69) is 6.08 Å². The van der Waals surface area contributed by atoms with Crippen molar-refractivity contribution >= 4 is 6.09 Å². The van der Waals surface area contributed by atoms with Gasteiger partial charge in [0.2, 0.25) is 0 Å². The van der Waals surface area contributed by atoms with Gasteiger partial charge in [0.05, 0.1) is 12.6 Å². The molecule has 1 aliphatic heterocycles. The van der Waals surface area contributed by atoms with Crippen LogP contribution in [0.15, 0.2) is 24.3 Å². The summed E-state index contributed by atoms with van der Waals surface area (Å²) in [6, 6.07) is 0.213. The average Bonchev–Trinajstić information content (AvgIpc) is 2.53. The van der Waals surface area contributed by atoms with Gasteiger partial charge >= 0.3 is 6.09 Å². The first kappa shape index (κ1) is 7.40. The number of hydrogen-bond donors (Lipinski definition) is 0. The Balaban J connectivity index is 2.04. The Morgan fingerprint density at radius 3 is 3.00 bits per heavy atom. The molecule has 0 saturated carbocycles. The third kappa shape index (κ3) is 1.22. The van der Waals surface area contributed by atoms with E-state index in [4.69, 9.17) is 4.74 Å². The van der Waals surface area contributed by atoms with Crippen molar-refractivity contribution in [2.75, 3.05) is 13.2 Å². The van der Waals surface area contributed by atoms with Crippen LogP contribution in [0.3, 0.4) is 0 Å². The van der Waals surface area contributed by atoms with Crippen LogP contribution in [0.25, 0.3) is 0 Å². The average molecular weight is 165 g/mol. The number of cyclic esters (lactones) is 1. The molecule has 1 saturated heterocycles. The summed E-state index contributed by atoms with van der Waals surface area (Å²) in [5, 5.41) is 0. The van der Waals surface area contributed by atoms with Gasteiger partial charge < -0.3 is 4.74 Å². The Morgan fingerprint density at radius 1 is 1.50 bits per heavy atom. The second-order valence-electron chi connectivity index (χ2n) is 2.92. The minimum atomic E-state index is -0.181. The van der Waals surface area contributed by atoms with E-state index < -0.39 is 0 Å². The van der Waals surface area contributed by atoms with Gasteiger partial charge in [-0.2, -0.15) is 0 Å². The summed E-state index contributed by atoms with van der Waals surface area (Å²) >= 11 is 0. The minimum absolute atomic E-state index is 0.181. The molecule has 1 atom stereocenters. The lowest BCUT2D eigenvalue weighted by atomic mass is 10.1. The fraction of sp³-hybridized carbons (Fsp3) is 0.444. The van der Waals surface area contributed by atoms with Crippen molar-refractivity contribution in [1.82, 2.24) is 4.90 Å². The Morgan fingerprint density at radius 2 is 2.42 bits per heavy atom. The molecule has 1 aliphatic carbocycles. The lowest BCUT2D eigenvalue weighted by molar-refractivity contribution is 0.153. The fourth-order valence-corrected chi connectivity index (χ4v) is 1.51. The van der Waals surface area contributed by atoms with Crippen molar-refractivity contribution in [3.05, 3.63) is 24.3 Å². The highest BCUT2D eigenvalue weighted by Gasteiger charge is 2.27. The van der Waals surface area contributed by atoms with Crippen molar-refractivity contribution in [2.24, 2.45) is 0 Å². The number of ether oxygens (including phenoxy) is 1. The summed E-state index contributed by atoms with van der Waals surface area (Å²) in [6.45, 7) is 1.26. The lowest BCUT2D eigenvalue weighted by Gasteiger charge is -2.22. The largest absolute Gasteiger partial charge is 0.448 e. The van der Waals surface area contributed by atoms with Gasteiger partial charge in [-0.05, 0) is 6.42 Å². The first-order valence-electron chi connectivity index (χ1n) is 4.14. The number of rotatable bonds is 1. The zero-order chi connectivity index (χ0) is 8.39.